The highest BCUT2D eigenvalue weighted by molar-refractivity contribution is 7.98. The molecule has 0 spiro atoms. The molecule has 2 aromatic carbocycles. The molecule has 2 aromatic rings. The minimum Gasteiger partial charge on any atom is -0.454 e. The van der Waals surface area contributed by atoms with Gasteiger partial charge in [0.25, 0.3) is 5.91 Å². The van der Waals surface area contributed by atoms with Crippen LogP contribution in [0.2, 0.25) is 0 Å². The van der Waals surface area contributed by atoms with Gasteiger partial charge in [-0.1, -0.05) is 6.07 Å². The van der Waals surface area contributed by atoms with Crippen LogP contribution >= 0.6 is 11.8 Å². The van der Waals surface area contributed by atoms with Crippen LogP contribution in [0.4, 0.5) is 4.39 Å². The number of hydrogen-bond acceptors (Lipinski definition) is 5. The monoisotopic (exact) mass is 358 g/mol. The zero-order valence-corrected chi connectivity index (χ0v) is 14.3. The molecule has 2 aliphatic rings. The highest BCUT2D eigenvalue weighted by atomic mass is 32.2. The van der Waals surface area contributed by atoms with Crippen molar-refractivity contribution >= 4 is 23.4 Å². The van der Waals surface area contributed by atoms with Gasteiger partial charge >= 0.3 is 0 Å². The summed E-state index contributed by atoms with van der Waals surface area (Å²) in [6, 6.07) is 10.1. The molecular weight excluding hydrogens is 343 g/mol. The average molecular weight is 358 g/mol. The summed E-state index contributed by atoms with van der Waals surface area (Å²) in [5.74, 6) is 0.707. The summed E-state index contributed by atoms with van der Waals surface area (Å²) in [7, 11) is 0. The first-order valence-electron chi connectivity index (χ1n) is 7.78. The Morgan fingerprint density at radius 3 is 2.84 bits per heavy atom. The molecule has 4 rings (SSSR count). The number of carbonyl (C=O) groups excluding carboxylic acids is 1. The van der Waals surface area contributed by atoms with Gasteiger partial charge in [-0.3, -0.25) is 4.79 Å². The Balaban J connectivity index is 1.56. The molecule has 0 bridgehead atoms. The molecule has 1 amide bonds. The van der Waals surface area contributed by atoms with Crippen LogP contribution < -0.4 is 9.47 Å². The second kappa shape index (κ2) is 6.40. The fraction of sp³-hybridized carbons (Fsp3) is 0.222. The van der Waals surface area contributed by atoms with Gasteiger partial charge in [0, 0.05) is 22.4 Å². The van der Waals surface area contributed by atoms with E-state index in [0.29, 0.717) is 46.2 Å². The lowest BCUT2D eigenvalue weighted by Crippen LogP contribution is -2.23. The Morgan fingerprint density at radius 2 is 2.04 bits per heavy atom. The van der Waals surface area contributed by atoms with Crippen molar-refractivity contribution in [3.63, 3.8) is 0 Å². The van der Waals surface area contributed by atoms with Crippen molar-refractivity contribution in [3.8, 4) is 11.5 Å². The largest absolute Gasteiger partial charge is 0.454 e. The molecule has 0 saturated heterocycles. The number of nitrogens with zero attached hydrogens (tertiary/aromatic N) is 2. The number of benzene rings is 2. The van der Waals surface area contributed by atoms with Gasteiger partial charge in [-0.25, -0.2) is 9.40 Å². The molecule has 0 radical (unpaired) electrons. The fourth-order valence-corrected chi connectivity index (χ4v) is 3.29. The number of rotatable bonds is 3. The lowest BCUT2D eigenvalue weighted by molar-refractivity contribution is 0.0778. The van der Waals surface area contributed by atoms with E-state index in [1.165, 1.54) is 22.8 Å². The van der Waals surface area contributed by atoms with E-state index in [1.54, 1.807) is 24.3 Å². The third-order valence-electron chi connectivity index (χ3n) is 4.14. The van der Waals surface area contributed by atoms with E-state index in [1.807, 2.05) is 12.3 Å². The van der Waals surface area contributed by atoms with Crippen LogP contribution in [0, 0.1) is 5.82 Å². The molecule has 0 saturated carbocycles. The number of ether oxygens (including phenoxy) is 2. The van der Waals surface area contributed by atoms with Gasteiger partial charge in [-0.2, -0.15) is 5.10 Å². The van der Waals surface area contributed by atoms with E-state index in [9.17, 15) is 9.18 Å². The number of hydrogen-bond donors (Lipinski definition) is 0. The van der Waals surface area contributed by atoms with Crippen LogP contribution in [-0.4, -0.2) is 36.2 Å². The standard InChI is InChI=1S/C18H15FN2O3S/c1-25-17-5-3-11(8-13(17)19)14-6-7-21(20-14)18(22)12-2-4-15-16(9-12)24-10-23-15/h2-5,8-9H,6-7,10H2,1H3. The zero-order valence-electron chi connectivity index (χ0n) is 13.5. The minimum atomic E-state index is -0.270. The maximum atomic E-state index is 14.0. The van der Waals surface area contributed by atoms with Crippen molar-refractivity contribution in [1.82, 2.24) is 5.01 Å². The third kappa shape index (κ3) is 2.95. The van der Waals surface area contributed by atoms with Gasteiger partial charge in [-0.15, -0.1) is 11.8 Å². The van der Waals surface area contributed by atoms with E-state index in [2.05, 4.69) is 5.10 Å². The number of thioether (sulfide) groups is 1. The van der Waals surface area contributed by atoms with E-state index >= 15 is 0 Å². The highest BCUT2D eigenvalue weighted by Gasteiger charge is 2.25. The Bertz CT molecular complexity index is 885. The van der Waals surface area contributed by atoms with Crippen LogP contribution in [0.3, 0.4) is 0 Å². The maximum absolute atomic E-state index is 14.0. The van der Waals surface area contributed by atoms with Crippen LogP contribution in [0.25, 0.3) is 0 Å². The van der Waals surface area contributed by atoms with Crippen molar-refractivity contribution in [2.24, 2.45) is 5.10 Å². The van der Waals surface area contributed by atoms with Gasteiger partial charge in [0.05, 0.1) is 12.3 Å². The molecule has 128 valence electrons. The first-order chi connectivity index (χ1) is 12.2. The van der Waals surface area contributed by atoms with Gasteiger partial charge < -0.3 is 9.47 Å². The van der Waals surface area contributed by atoms with Crippen molar-refractivity contribution in [2.45, 2.75) is 11.3 Å². The fourth-order valence-electron chi connectivity index (χ4n) is 2.83. The molecule has 2 aliphatic heterocycles. The molecule has 5 nitrogen and oxygen atoms in total. The van der Waals surface area contributed by atoms with Crippen molar-refractivity contribution in [3.05, 3.63) is 53.3 Å². The molecule has 0 fully saturated rings. The summed E-state index contributed by atoms with van der Waals surface area (Å²) in [5, 5.41) is 5.79. The topological polar surface area (TPSA) is 51.1 Å². The Kier molecular flexibility index (Phi) is 4.09. The van der Waals surface area contributed by atoms with Crippen molar-refractivity contribution in [1.29, 1.82) is 0 Å². The SMILES string of the molecule is CSc1ccc(C2=NN(C(=O)c3ccc4c(c3)OCO4)CC2)cc1F. The smallest absolute Gasteiger partial charge is 0.274 e. The molecule has 0 aromatic heterocycles. The van der Waals surface area contributed by atoms with Crippen LogP contribution in [0.15, 0.2) is 46.4 Å². The number of carbonyl (C=O) groups is 1. The lowest BCUT2D eigenvalue weighted by atomic mass is 10.1. The average Bonchev–Trinajstić information content (AvgIpc) is 3.29. The summed E-state index contributed by atoms with van der Waals surface area (Å²) in [6.45, 7) is 0.630. The molecular formula is C18H15FN2O3S. The van der Waals surface area contributed by atoms with Gasteiger partial charge in [0.2, 0.25) is 6.79 Å². The zero-order chi connectivity index (χ0) is 17.4. The summed E-state index contributed by atoms with van der Waals surface area (Å²) in [6.07, 6.45) is 2.42. The second-order valence-electron chi connectivity index (χ2n) is 5.64. The summed E-state index contributed by atoms with van der Waals surface area (Å²) in [5.41, 5.74) is 1.90. The predicted octanol–water partition coefficient (Wildman–Crippen LogP) is 3.53. The maximum Gasteiger partial charge on any atom is 0.274 e. The van der Waals surface area contributed by atoms with Crippen molar-refractivity contribution < 1.29 is 18.7 Å². The number of fused-ring (bicyclic) bond motifs is 1. The second-order valence-corrected chi connectivity index (χ2v) is 6.49. The molecule has 0 unspecified atom stereocenters. The molecule has 0 N–H and O–H groups in total. The molecule has 0 aliphatic carbocycles. The summed E-state index contributed by atoms with van der Waals surface area (Å²) >= 11 is 1.36. The summed E-state index contributed by atoms with van der Waals surface area (Å²) < 4.78 is 24.5. The van der Waals surface area contributed by atoms with Gasteiger partial charge in [0.1, 0.15) is 5.82 Å². The van der Waals surface area contributed by atoms with Crippen LogP contribution in [-0.2, 0) is 0 Å². The normalized spacial score (nSPS) is 15.4. The molecule has 25 heavy (non-hydrogen) atoms. The highest BCUT2D eigenvalue weighted by Crippen LogP contribution is 2.33. The number of halogens is 1. The van der Waals surface area contributed by atoms with Gasteiger partial charge in [0.15, 0.2) is 11.5 Å². The quantitative estimate of drug-likeness (QED) is 0.788. The Labute approximate surface area is 148 Å². The first-order valence-corrected chi connectivity index (χ1v) is 9.01. The lowest BCUT2D eigenvalue weighted by Gasteiger charge is -2.11. The third-order valence-corrected chi connectivity index (χ3v) is 4.91. The first kappa shape index (κ1) is 16.0. The molecule has 2 heterocycles. The van der Waals surface area contributed by atoms with Crippen LogP contribution in [0.1, 0.15) is 22.3 Å². The predicted molar refractivity (Wildman–Crippen MR) is 92.9 cm³/mol. The minimum absolute atomic E-state index is 0.163. The van der Waals surface area contributed by atoms with Gasteiger partial charge in [-0.05, 0) is 36.6 Å². The number of amides is 1. The summed E-state index contributed by atoms with van der Waals surface area (Å²) in [4.78, 5) is 13.2. The van der Waals surface area contributed by atoms with E-state index in [0.717, 1.165) is 0 Å². The van der Waals surface area contributed by atoms with Crippen molar-refractivity contribution in [2.75, 3.05) is 19.6 Å². The van der Waals surface area contributed by atoms with E-state index in [-0.39, 0.29) is 18.5 Å². The van der Waals surface area contributed by atoms with E-state index in [4.69, 9.17) is 9.47 Å². The molecule has 7 heteroatoms. The Hall–Kier alpha value is -2.54. The number of hydrazone groups is 1. The van der Waals surface area contributed by atoms with E-state index < -0.39 is 0 Å². The molecule has 0 atom stereocenters. The van der Waals surface area contributed by atoms with Crippen LogP contribution in [0.5, 0.6) is 11.5 Å². The Morgan fingerprint density at radius 1 is 1.20 bits per heavy atom.